The van der Waals surface area contributed by atoms with E-state index in [0.29, 0.717) is 46.9 Å². The van der Waals surface area contributed by atoms with Crippen LogP contribution < -0.4 is 21.1 Å². The maximum Gasteiger partial charge on any atom is 0.257 e. The molecule has 1 aliphatic heterocycles. The van der Waals surface area contributed by atoms with Gasteiger partial charge in [-0.2, -0.15) is 5.10 Å². The summed E-state index contributed by atoms with van der Waals surface area (Å²) in [5.41, 5.74) is 9.12. The molecule has 12 heteroatoms. The van der Waals surface area contributed by atoms with Crippen molar-refractivity contribution in [3.05, 3.63) is 42.2 Å². The van der Waals surface area contributed by atoms with Crippen LogP contribution in [0.1, 0.15) is 5.56 Å². The molecule has 0 saturated carbocycles. The first-order valence-corrected chi connectivity index (χ1v) is 10.1. The number of anilines is 4. The van der Waals surface area contributed by atoms with Gasteiger partial charge in [0.2, 0.25) is 11.8 Å². The Morgan fingerprint density at radius 1 is 1.24 bits per heavy atom. The molecule has 4 aromatic rings. The van der Waals surface area contributed by atoms with Crippen LogP contribution in [-0.2, 0) is 6.54 Å². The molecule has 0 saturated heterocycles. The second-order valence-corrected chi connectivity index (χ2v) is 7.50. The number of ether oxygens (including phenoxy) is 1. The summed E-state index contributed by atoms with van der Waals surface area (Å²) in [5, 5.41) is 10.4. The zero-order valence-corrected chi connectivity index (χ0v) is 17.4. The molecule has 1 aliphatic rings. The number of hydrogen-bond donors (Lipinski definition) is 3. The number of aromatic nitrogens is 5. The number of pyridine rings is 1. The molecular weight excluding hydrogens is 437 g/mol. The van der Waals surface area contributed by atoms with Gasteiger partial charge in [-0.15, -0.1) is 0 Å². The number of hydrogen-bond acceptors (Lipinski definition) is 8. The summed E-state index contributed by atoms with van der Waals surface area (Å²) in [6.07, 6.45) is 3.24. The number of nitrogen functional groups attached to an aromatic ring is 1. The second kappa shape index (κ2) is 8.11. The van der Waals surface area contributed by atoms with Crippen LogP contribution in [0.25, 0.3) is 22.0 Å². The standard InChI is InChI=1S/C21H19F3N8O/c1-10-13(6-27-20-19(10)26-2-3-33-20)12-4-15-14(18(25)17(12)24)7-28-21(31-15)30-11-5-29-32(8-11)9-16(22)23/h4-8,16,26H,2-3,9,25H2,1H3,(H,28,30,31). The Labute approximate surface area is 185 Å². The quantitative estimate of drug-likeness (QED) is 0.389. The molecule has 0 atom stereocenters. The van der Waals surface area contributed by atoms with Crippen molar-refractivity contribution in [3.63, 3.8) is 0 Å². The summed E-state index contributed by atoms with van der Waals surface area (Å²) in [6, 6.07) is 1.58. The fourth-order valence-electron chi connectivity index (χ4n) is 3.72. The molecule has 5 rings (SSSR count). The van der Waals surface area contributed by atoms with Gasteiger partial charge < -0.3 is 21.1 Å². The van der Waals surface area contributed by atoms with Gasteiger partial charge in [-0.3, -0.25) is 4.68 Å². The Kier molecular flexibility index (Phi) is 5.11. The van der Waals surface area contributed by atoms with Crippen LogP contribution in [0.15, 0.2) is 30.9 Å². The van der Waals surface area contributed by atoms with E-state index in [1.807, 2.05) is 6.92 Å². The number of fused-ring (bicyclic) bond motifs is 2. The van der Waals surface area contributed by atoms with E-state index in [-0.39, 0.29) is 17.2 Å². The molecule has 0 unspecified atom stereocenters. The third-order valence-electron chi connectivity index (χ3n) is 5.31. The van der Waals surface area contributed by atoms with Crippen LogP contribution in [-0.4, -0.2) is 44.3 Å². The average molecular weight is 456 g/mol. The summed E-state index contributed by atoms with van der Waals surface area (Å²) < 4.78 is 47.0. The Hall–Kier alpha value is -4.09. The van der Waals surface area contributed by atoms with Crippen molar-refractivity contribution < 1.29 is 17.9 Å². The van der Waals surface area contributed by atoms with E-state index in [1.54, 1.807) is 12.3 Å². The van der Waals surface area contributed by atoms with Crippen LogP contribution in [0.2, 0.25) is 0 Å². The molecule has 0 fully saturated rings. The van der Waals surface area contributed by atoms with Crippen molar-refractivity contribution in [1.29, 1.82) is 0 Å². The summed E-state index contributed by atoms with van der Waals surface area (Å²) >= 11 is 0. The minimum atomic E-state index is -2.52. The van der Waals surface area contributed by atoms with Gasteiger partial charge in [-0.05, 0) is 18.6 Å². The Bertz CT molecular complexity index is 1360. The molecule has 9 nitrogen and oxygen atoms in total. The van der Waals surface area contributed by atoms with Crippen molar-refractivity contribution in [2.45, 2.75) is 19.9 Å². The lowest BCUT2D eigenvalue weighted by molar-refractivity contribution is 0.122. The fourth-order valence-corrected chi connectivity index (χ4v) is 3.72. The van der Waals surface area contributed by atoms with Gasteiger partial charge in [0.1, 0.15) is 18.8 Å². The van der Waals surface area contributed by atoms with E-state index in [4.69, 9.17) is 10.5 Å². The molecule has 0 bridgehead atoms. The molecule has 33 heavy (non-hydrogen) atoms. The van der Waals surface area contributed by atoms with E-state index in [0.717, 1.165) is 10.2 Å². The van der Waals surface area contributed by atoms with Gasteiger partial charge in [-0.1, -0.05) is 0 Å². The number of nitrogens with zero attached hydrogens (tertiary/aromatic N) is 5. The number of halogens is 3. The van der Waals surface area contributed by atoms with Crippen LogP contribution in [0.4, 0.5) is 36.2 Å². The zero-order chi connectivity index (χ0) is 23.1. The Morgan fingerprint density at radius 3 is 2.91 bits per heavy atom. The first kappa shape index (κ1) is 20.8. The molecule has 4 heterocycles. The molecule has 1 aromatic carbocycles. The number of nitrogens with two attached hydrogens (primary N) is 1. The van der Waals surface area contributed by atoms with Gasteiger partial charge in [0.05, 0.1) is 23.1 Å². The second-order valence-electron chi connectivity index (χ2n) is 7.50. The lowest BCUT2D eigenvalue weighted by atomic mass is 9.98. The van der Waals surface area contributed by atoms with Crippen LogP contribution >= 0.6 is 0 Å². The number of benzene rings is 1. The molecular formula is C21H19F3N8O. The Balaban J connectivity index is 1.53. The predicted molar refractivity (Wildman–Crippen MR) is 117 cm³/mol. The first-order chi connectivity index (χ1) is 15.9. The topological polar surface area (TPSA) is 116 Å². The van der Waals surface area contributed by atoms with E-state index in [9.17, 15) is 8.78 Å². The first-order valence-electron chi connectivity index (χ1n) is 10.1. The van der Waals surface area contributed by atoms with Crippen LogP contribution in [0, 0.1) is 12.7 Å². The van der Waals surface area contributed by atoms with Gasteiger partial charge in [0.25, 0.3) is 6.43 Å². The van der Waals surface area contributed by atoms with Crippen molar-refractivity contribution >= 4 is 33.9 Å². The van der Waals surface area contributed by atoms with Gasteiger partial charge in [0, 0.05) is 41.6 Å². The highest BCUT2D eigenvalue weighted by molar-refractivity contribution is 5.96. The average Bonchev–Trinajstić information content (AvgIpc) is 3.23. The maximum atomic E-state index is 15.2. The highest BCUT2D eigenvalue weighted by Gasteiger charge is 2.21. The van der Waals surface area contributed by atoms with Gasteiger partial charge >= 0.3 is 0 Å². The van der Waals surface area contributed by atoms with Crippen molar-refractivity contribution in [1.82, 2.24) is 24.7 Å². The van der Waals surface area contributed by atoms with Crippen molar-refractivity contribution in [2.24, 2.45) is 0 Å². The SMILES string of the molecule is Cc1c(-c2cc3nc(Nc4cnn(CC(F)F)c4)ncc3c(N)c2F)cnc2c1NCCO2. The van der Waals surface area contributed by atoms with Crippen LogP contribution in [0.5, 0.6) is 5.88 Å². The molecule has 0 aliphatic carbocycles. The third kappa shape index (κ3) is 3.83. The Morgan fingerprint density at radius 2 is 2.09 bits per heavy atom. The molecule has 3 aromatic heterocycles. The molecule has 0 radical (unpaired) electrons. The van der Waals surface area contributed by atoms with E-state index in [2.05, 4.69) is 30.7 Å². The molecule has 4 N–H and O–H groups in total. The minimum Gasteiger partial charge on any atom is -0.474 e. The zero-order valence-electron chi connectivity index (χ0n) is 17.4. The van der Waals surface area contributed by atoms with Crippen molar-refractivity contribution in [2.75, 3.05) is 29.5 Å². The molecule has 170 valence electrons. The minimum absolute atomic E-state index is 0.0832. The van der Waals surface area contributed by atoms with E-state index >= 15 is 4.39 Å². The van der Waals surface area contributed by atoms with Gasteiger partial charge in [-0.25, -0.2) is 28.1 Å². The van der Waals surface area contributed by atoms with E-state index < -0.39 is 18.8 Å². The highest BCUT2D eigenvalue weighted by Crippen LogP contribution is 2.39. The molecule has 0 spiro atoms. The normalized spacial score (nSPS) is 13.0. The summed E-state index contributed by atoms with van der Waals surface area (Å²) in [5.74, 6) is 0.0611. The number of alkyl halides is 2. The monoisotopic (exact) mass is 456 g/mol. The highest BCUT2D eigenvalue weighted by atomic mass is 19.3. The smallest absolute Gasteiger partial charge is 0.257 e. The summed E-state index contributed by atoms with van der Waals surface area (Å²) in [6.45, 7) is 2.45. The summed E-state index contributed by atoms with van der Waals surface area (Å²) in [4.78, 5) is 12.9. The van der Waals surface area contributed by atoms with Gasteiger partial charge in [0.15, 0.2) is 5.82 Å². The number of rotatable bonds is 5. The molecule has 0 amide bonds. The van der Waals surface area contributed by atoms with Crippen LogP contribution in [0.3, 0.4) is 0 Å². The van der Waals surface area contributed by atoms with Crippen molar-refractivity contribution in [3.8, 4) is 17.0 Å². The predicted octanol–water partition coefficient (Wildman–Crippen LogP) is 3.73. The maximum absolute atomic E-state index is 15.2. The number of nitrogens with one attached hydrogen (secondary N) is 2. The summed E-state index contributed by atoms with van der Waals surface area (Å²) in [7, 11) is 0. The fraction of sp³-hybridized carbons (Fsp3) is 0.238. The lowest BCUT2D eigenvalue weighted by Gasteiger charge is -2.22. The third-order valence-corrected chi connectivity index (χ3v) is 5.31. The van der Waals surface area contributed by atoms with E-state index in [1.165, 1.54) is 18.6 Å². The lowest BCUT2D eigenvalue weighted by Crippen LogP contribution is -2.20. The largest absolute Gasteiger partial charge is 0.474 e.